The van der Waals surface area contributed by atoms with Crippen molar-refractivity contribution in [1.29, 1.82) is 5.26 Å². The lowest BCUT2D eigenvalue weighted by Crippen LogP contribution is -2.40. The van der Waals surface area contributed by atoms with Crippen LogP contribution in [0, 0.1) is 23.1 Å². The molecule has 0 atom stereocenters. The Morgan fingerprint density at radius 2 is 2.06 bits per heavy atom. The van der Waals surface area contributed by atoms with Crippen molar-refractivity contribution in [3.05, 3.63) is 47.5 Å². The highest BCUT2D eigenvalue weighted by molar-refractivity contribution is 5.75. The molecule has 1 amide bonds. The lowest BCUT2D eigenvalue weighted by Gasteiger charge is -2.31. The molecule has 0 spiro atoms. The molecule has 2 aliphatic rings. The third-order valence-corrected chi connectivity index (χ3v) is 6.08. The van der Waals surface area contributed by atoms with Crippen molar-refractivity contribution in [2.24, 2.45) is 11.7 Å². The van der Waals surface area contributed by atoms with Crippen LogP contribution in [0.2, 0.25) is 0 Å². The number of nitriles is 1. The molecule has 2 aromatic rings. The van der Waals surface area contributed by atoms with Crippen molar-refractivity contribution in [3.63, 3.8) is 0 Å². The Hall–Kier alpha value is -3.25. The van der Waals surface area contributed by atoms with Gasteiger partial charge in [-0.2, -0.15) is 9.65 Å². The number of likely N-dealkylation sites (tertiary alicyclic amines) is 1. The van der Waals surface area contributed by atoms with Crippen LogP contribution in [-0.2, 0) is 11.3 Å². The molecule has 1 saturated carbocycles. The minimum atomic E-state index is -0.443. The number of carbonyl (C=O) groups is 1. The molecule has 32 heavy (non-hydrogen) atoms. The topological polar surface area (TPSA) is 111 Å². The van der Waals surface area contributed by atoms with E-state index < -0.39 is 5.82 Å². The minimum Gasteiger partial charge on any atom is -0.369 e. The first-order valence-corrected chi connectivity index (χ1v) is 11.0. The molecule has 1 aliphatic heterocycles. The maximum atomic E-state index is 15.4. The summed E-state index contributed by atoms with van der Waals surface area (Å²) in [5, 5.41) is 12.3. The fraction of sp³-hybridized carbons (Fsp3) is 0.478. The molecule has 9 heteroatoms. The fourth-order valence-corrected chi connectivity index (χ4v) is 4.19. The number of anilines is 2. The summed E-state index contributed by atoms with van der Waals surface area (Å²) in [6, 6.07) is 9.77. The quantitative estimate of drug-likeness (QED) is 0.619. The van der Waals surface area contributed by atoms with Crippen LogP contribution in [0.4, 0.5) is 16.0 Å². The van der Waals surface area contributed by atoms with Crippen molar-refractivity contribution >= 4 is 17.5 Å². The van der Waals surface area contributed by atoms with Gasteiger partial charge in [0.15, 0.2) is 11.6 Å². The summed E-state index contributed by atoms with van der Waals surface area (Å²) in [6.45, 7) is 3.02. The smallest absolute Gasteiger partial charge is 0.231 e. The van der Waals surface area contributed by atoms with Crippen LogP contribution in [0.3, 0.4) is 0 Å². The molecule has 8 nitrogen and oxygen atoms in total. The number of carbonyl (C=O) groups excluding carboxylic acids is 1. The van der Waals surface area contributed by atoms with E-state index in [9.17, 15) is 4.79 Å². The Morgan fingerprint density at radius 3 is 2.75 bits per heavy atom. The monoisotopic (exact) mass is 437 g/mol. The number of nitrogens with one attached hydrogen (secondary N) is 1. The van der Waals surface area contributed by atoms with E-state index in [0.717, 1.165) is 44.3 Å². The zero-order valence-electron chi connectivity index (χ0n) is 18.0. The number of amides is 1. The van der Waals surface area contributed by atoms with Gasteiger partial charge in [0.2, 0.25) is 11.7 Å². The Labute approximate surface area is 187 Å². The molecule has 3 N–H and O–H groups in total. The predicted octanol–water partition coefficient (Wildman–Crippen LogP) is 2.27. The van der Waals surface area contributed by atoms with Gasteiger partial charge in [0, 0.05) is 19.1 Å². The van der Waals surface area contributed by atoms with Gasteiger partial charge in [-0.3, -0.25) is 9.69 Å². The van der Waals surface area contributed by atoms with E-state index in [-0.39, 0.29) is 17.8 Å². The number of nitrogens with two attached hydrogens (primary N) is 1. The Balaban J connectivity index is 1.41. The van der Waals surface area contributed by atoms with Gasteiger partial charge in [-0.15, -0.1) is 0 Å². The normalized spacial score (nSPS) is 17.0. The number of piperidine rings is 1. The second-order valence-electron chi connectivity index (χ2n) is 8.60. The molecule has 0 unspecified atom stereocenters. The summed E-state index contributed by atoms with van der Waals surface area (Å²) in [5.41, 5.74) is 6.81. The second kappa shape index (κ2) is 9.92. The molecular weight excluding hydrogens is 409 g/mol. The molecule has 168 valence electrons. The Kier molecular flexibility index (Phi) is 6.81. The third kappa shape index (κ3) is 5.51. The second-order valence-corrected chi connectivity index (χ2v) is 8.60. The summed E-state index contributed by atoms with van der Waals surface area (Å²) in [5.74, 6) is 0.138. The average molecular weight is 438 g/mol. The van der Waals surface area contributed by atoms with Crippen LogP contribution in [0.1, 0.15) is 36.8 Å². The number of hydrogen-bond acceptors (Lipinski definition) is 7. The molecule has 2 heterocycles. The van der Waals surface area contributed by atoms with Crippen LogP contribution >= 0.6 is 0 Å². The summed E-state index contributed by atoms with van der Waals surface area (Å²) < 4.78 is 15.4. The molecule has 0 bridgehead atoms. The summed E-state index contributed by atoms with van der Waals surface area (Å²) in [4.78, 5) is 23.5. The van der Waals surface area contributed by atoms with Crippen molar-refractivity contribution in [2.75, 3.05) is 36.4 Å². The third-order valence-electron chi connectivity index (χ3n) is 6.08. The maximum absolute atomic E-state index is 15.4. The molecule has 1 aliphatic carbocycles. The highest BCUT2D eigenvalue weighted by Crippen LogP contribution is 2.34. The summed E-state index contributed by atoms with van der Waals surface area (Å²) >= 11 is 0. The van der Waals surface area contributed by atoms with Gasteiger partial charge < -0.3 is 16.0 Å². The van der Waals surface area contributed by atoms with Crippen LogP contribution in [-0.4, -0.2) is 53.0 Å². The molecule has 4 rings (SSSR count). The summed E-state index contributed by atoms with van der Waals surface area (Å²) in [6.07, 6.45) is 5.23. The van der Waals surface area contributed by atoms with Gasteiger partial charge in [-0.25, -0.2) is 9.97 Å². The number of rotatable bonds is 9. The van der Waals surface area contributed by atoms with Crippen molar-refractivity contribution in [3.8, 4) is 6.07 Å². The van der Waals surface area contributed by atoms with E-state index in [4.69, 9.17) is 11.0 Å². The maximum Gasteiger partial charge on any atom is 0.231 e. The average Bonchev–Trinajstić information content (AvgIpc) is 3.63. The standard InChI is InChI=1S/C23H28FN7O/c24-21-22(27-12-16-6-8-30(9-7-16)14-20(26)32)28-15-29-23(21)31(19-4-5-19)13-18-3-1-2-17(10-18)11-25/h1-3,10,15-16,19H,4-9,12-14H2,(H2,26,32)(H,27,28,29). The fourth-order valence-electron chi connectivity index (χ4n) is 4.19. The number of halogens is 1. The largest absolute Gasteiger partial charge is 0.369 e. The zero-order chi connectivity index (χ0) is 22.5. The van der Waals surface area contributed by atoms with E-state index in [0.29, 0.717) is 36.9 Å². The van der Waals surface area contributed by atoms with E-state index in [1.54, 1.807) is 6.07 Å². The lowest BCUT2D eigenvalue weighted by atomic mass is 9.97. The number of aromatic nitrogens is 2. The van der Waals surface area contributed by atoms with Gasteiger partial charge in [-0.1, -0.05) is 12.1 Å². The summed E-state index contributed by atoms with van der Waals surface area (Å²) in [7, 11) is 0. The van der Waals surface area contributed by atoms with Crippen LogP contribution in [0.15, 0.2) is 30.6 Å². The van der Waals surface area contributed by atoms with Crippen LogP contribution < -0.4 is 16.0 Å². The van der Waals surface area contributed by atoms with Crippen LogP contribution in [0.5, 0.6) is 0 Å². The van der Waals surface area contributed by atoms with Gasteiger partial charge in [0.05, 0.1) is 18.2 Å². The molecule has 2 fully saturated rings. The van der Waals surface area contributed by atoms with Crippen molar-refractivity contribution in [2.45, 2.75) is 38.3 Å². The van der Waals surface area contributed by atoms with E-state index in [1.807, 2.05) is 23.1 Å². The first-order valence-electron chi connectivity index (χ1n) is 11.0. The van der Waals surface area contributed by atoms with Gasteiger partial charge in [-0.05, 0) is 62.4 Å². The molecule has 1 saturated heterocycles. The first-order chi connectivity index (χ1) is 15.5. The van der Waals surface area contributed by atoms with E-state index >= 15 is 4.39 Å². The number of nitrogens with zero attached hydrogens (tertiary/aromatic N) is 5. The highest BCUT2D eigenvalue weighted by atomic mass is 19.1. The highest BCUT2D eigenvalue weighted by Gasteiger charge is 2.33. The minimum absolute atomic E-state index is 0.214. The van der Waals surface area contributed by atoms with Crippen LogP contribution in [0.25, 0.3) is 0 Å². The van der Waals surface area contributed by atoms with Crippen molar-refractivity contribution in [1.82, 2.24) is 14.9 Å². The molecule has 1 aromatic carbocycles. The molecular formula is C23H28FN7O. The number of primary amides is 1. The van der Waals surface area contributed by atoms with E-state index in [1.165, 1.54) is 6.33 Å². The van der Waals surface area contributed by atoms with E-state index in [2.05, 4.69) is 26.3 Å². The molecule has 1 aromatic heterocycles. The number of benzene rings is 1. The first kappa shape index (κ1) is 22.0. The lowest BCUT2D eigenvalue weighted by molar-refractivity contribution is -0.119. The van der Waals surface area contributed by atoms with Crippen molar-refractivity contribution < 1.29 is 9.18 Å². The predicted molar refractivity (Wildman–Crippen MR) is 119 cm³/mol. The molecule has 0 radical (unpaired) electrons. The van der Waals surface area contributed by atoms with Gasteiger partial charge in [0.1, 0.15) is 6.33 Å². The van der Waals surface area contributed by atoms with Gasteiger partial charge >= 0.3 is 0 Å². The Morgan fingerprint density at radius 1 is 1.28 bits per heavy atom. The Bertz CT molecular complexity index is 996. The van der Waals surface area contributed by atoms with Gasteiger partial charge in [0.25, 0.3) is 0 Å². The number of hydrogen-bond donors (Lipinski definition) is 2. The SMILES string of the molecule is N#Cc1cccc(CN(c2ncnc(NCC3CCN(CC(N)=O)CC3)c2F)C2CC2)c1. The zero-order valence-corrected chi connectivity index (χ0v) is 18.0.